The molecule has 2 atom stereocenters. The number of nitrogens with one attached hydrogen (secondary N) is 1. The van der Waals surface area contributed by atoms with Gasteiger partial charge in [0.05, 0.1) is 61.6 Å². The van der Waals surface area contributed by atoms with Crippen LogP contribution in [0.4, 0.5) is 0 Å². The summed E-state index contributed by atoms with van der Waals surface area (Å²) in [6.07, 6.45) is 2.12. The fourth-order valence-corrected chi connectivity index (χ4v) is 10.1. The number of benzene rings is 4. The number of nitrogens with zero attached hydrogens (tertiary/aromatic N) is 9. The fourth-order valence-electron chi connectivity index (χ4n) is 10.1. The Morgan fingerprint density at radius 3 is 1.60 bits per heavy atom. The number of carboxylic acid groups (broad SMARTS) is 1. The maximum Gasteiger partial charge on any atom is 0.335 e. The van der Waals surface area contributed by atoms with Crippen molar-refractivity contribution in [2.45, 2.75) is 119 Å². The number of ether oxygens (including phenoxy) is 2. The van der Waals surface area contributed by atoms with Gasteiger partial charge in [0.2, 0.25) is 0 Å². The molecule has 2 aliphatic heterocycles. The third kappa shape index (κ3) is 12.1. The lowest BCUT2D eigenvalue weighted by molar-refractivity contribution is -0.141. The molecule has 0 unspecified atom stereocenters. The fraction of sp³-hybridized carbons (Fsp3) is 0.367. The number of pyridine rings is 2. The minimum absolute atomic E-state index is 0.0115. The summed E-state index contributed by atoms with van der Waals surface area (Å²) in [6, 6.07) is 27.4. The number of carbonyl (C=O) groups is 4. The van der Waals surface area contributed by atoms with Crippen LogP contribution in [-0.2, 0) is 58.1 Å². The molecule has 4 aromatic carbocycles. The first-order valence-electron chi connectivity index (χ1n) is 26.2. The zero-order valence-electron chi connectivity index (χ0n) is 45.7. The van der Waals surface area contributed by atoms with Crippen molar-refractivity contribution in [3.05, 3.63) is 174 Å². The molecule has 0 fully saturated rings. The predicted octanol–water partition coefficient (Wildman–Crippen LogP) is 9.16. The molecule has 8 aromatic rings. The van der Waals surface area contributed by atoms with Crippen LogP contribution in [0, 0.1) is 41.5 Å². The van der Waals surface area contributed by atoms with Gasteiger partial charge in [-0.25, -0.2) is 14.2 Å². The quantitative estimate of drug-likeness (QED) is 0.109. The van der Waals surface area contributed by atoms with Crippen LogP contribution in [-0.4, -0.2) is 101 Å². The minimum Gasteiger partial charge on any atom is -0.478 e. The smallest absolute Gasteiger partial charge is 0.335 e. The number of methoxy groups -OCH3 is 2. The molecule has 6 heterocycles. The Morgan fingerprint density at radius 2 is 1.10 bits per heavy atom. The number of carboxylic acids is 1. The van der Waals surface area contributed by atoms with E-state index in [9.17, 15) is 19.2 Å². The molecule has 1 amide bonds. The van der Waals surface area contributed by atoms with Crippen molar-refractivity contribution in [1.29, 1.82) is 0 Å². The van der Waals surface area contributed by atoms with Crippen molar-refractivity contribution in [1.82, 2.24) is 50.2 Å². The third-order valence-corrected chi connectivity index (χ3v) is 15.1. The number of aryl methyl sites for hydroxylation is 8. The first-order valence-corrected chi connectivity index (χ1v) is 26.2. The molecular weight excluding hydrogens is 973 g/mol. The third-order valence-electron chi connectivity index (χ3n) is 15.1. The van der Waals surface area contributed by atoms with Crippen molar-refractivity contribution in [2.75, 3.05) is 27.3 Å². The van der Waals surface area contributed by atoms with Gasteiger partial charge in [-0.05, 0) is 179 Å². The number of hydrogen-bond donors (Lipinski definition) is 2. The van der Waals surface area contributed by atoms with Crippen LogP contribution in [0.15, 0.2) is 84.9 Å². The molecule has 0 spiro atoms. The summed E-state index contributed by atoms with van der Waals surface area (Å²) in [4.78, 5) is 60.3. The van der Waals surface area contributed by atoms with E-state index in [2.05, 4.69) is 44.1 Å². The van der Waals surface area contributed by atoms with E-state index in [1.807, 2.05) is 124 Å². The monoisotopic (exact) mass is 1040 g/mol. The van der Waals surface area contributed by atoms with Gasteiger partial charge in [-0.1, -0.05) is 46.8 Å². The Balaban J connectivity index is 0.000000175. The van der Waals surface area contributed by atoms with Crippen LogP contribution in [0.5, 0.6) is 0 Å². The number of fused-ring (bicyclic) bond motifs is 4. The maximum atomic E-state index is 13.3. The minimum atomic E-state index is -0.867. The van der Waals surface area contributed by atoms with Crippen LogP contribution in [0.3, 0.4) is 0 Å². The second kappa shape index (κ2) is 24.2. The summed E-state index contributed by atoms with van der Waals surface area (Å²) in [5, 5.41) is 29.2. The summed E-state index contributed by atoms with van der Waals surface area (Å²) < 4.78 is 13.8. The van der Waals surface area contributed by atoms with Crippen molar-refractivity contribution in [3.63, 3.8) is 0 Å². The molecular formula is C60H68N10O7. The Labute approximate surface area is 449 Å². The lowest BCUT2D eigenvalue weighted by Crippen LogP contribution is -2.36. The van der Waals surface area contributed by atoms with Crippen LogP contribution >= 0.6 is 0 Å². The second-order valence-corrected chi connectivity index (χ2v) is 19.8. The molecule has 0 radical (unpaired) electrons. The Hall–Kier alpha value is -8.18. The second-order valence-electron chi connectivity index (χ2n) is 19.8. The van der Waals surface area contributed by atoms with Gasteiger partial charge in [-0.15, -0.1) is 10.2 Å². The summed E-state index contributed by atoms with van der Waals surface area (Å²) >= 11 is 0. The van der Waals surface area contributed by atoms with Gasteiger partial charge < -0.3 is 24.8 Å². The van der Waals surface area contributed by atoms with E-state index in [-0.39, 0.29) is 42.5 Å². The normalized spacial score (nSPS) is 13.6. The van der Waals surface area contributed by atoms with Gasteiger partial charge in [0.25, 0.3) is 5.91 Å². The zero-order valence-corrected chi connectivity index (χ0v) is 45.7. The van der Waals surface area contributed by atoms with Gasteiger partial charge in [-0.3, -0.25) is 24.4 Å². The highest BCUT2D eigenvalue weighted by molar-refractivity contribution is 5.94. The van der Waals surface area contributed by atoms with E-state index in [4.69, 9.17) is 24.5 Å². The SMILES string of the molecule is CCn1nnc2c(C)c([C@@H](CC(=O)OC)c3ccc4c(n3)CN(C(=O)c3ccc(C)c(C)c3)CC4)ccc21.CCn1nnc2c(C)c([C@@H](CC(=O)OC)c3ccc4c(n3)CNCC4)ccc21.Cc1ccc(C(=O)O)cc1C. The molecule has 400 valence electrons. The molecule has 17 nitrogen and oxygen atoms in total. The number of aromatic nitrogens is 8. The highest BCUT2D eigenvalue weighted by Crippen LogP contribution is 2.36. The van der Waals surface area contributed by atoms with E-state index in [1.165, 1.54) is 25.3 Å². The number of aromatic carboxylic acids is 1. The summed E-state index contributed by atoms with van der Waals surface area (Å²) in [5.41, 5.74) is 19.1. The molecule has 10 rings (SSSR count). The van der Waals surface area contributed by atoms with E-state index in [0.717, 1.165) is 128 Å². The molecule has 2 N–H and O–H groups in total. The number of amides is 1. The first-order chi connectivity index (χ1) is 37.0. The Bertz CT molecular complexity index is 3510. The van der Waals surface area contributed by atoms with Gasteiger partial charge in [0.15, 0.2) is 0 Å². The van der Waals surface area contributed by atoms with Gasteiger partial charge in [-0.2, -0.15) is 0 Å². The summed E-state index contributed by atoms with van der Waals surface area (Å²) in [5.74, 6) is -1.91. The summed E-state index contributed by atoms with van der Waals surface area (Å²) in [7, 11) is 2.82. The predicted molar refractivity (Wildman–Crippen MR) is 294 cm³/mol. The van der Waals surface area contributed by atoms with Crippen LogP contribution in [0.25, 0.3) is 22.1 Å². The number of hydrogen-bond acceptors (Lipinski definition) is 13. The molecule has 2 aliphatic rings. The summed E-state index contributed by atoms with van der Waals surface area (Å²) in [6.45, 7) is 20.4. The van der Waals surface area contributed by atoms with Gasteiger partial charge >= 0.3 is 17.9 Å². The molecule has 4 aromatic heterocycles. The number of esters is 2. The molecule has 0 saturated heterocycles. The van der Waals surface area contributed by atoms with Crippen molar-refractivity contribution < 1.29 is 33.8 Å². The number of rotatable bonds is 12. The van der Waals surface area contributed by atoms with Crippen LogP contribution in [0.1, 0.15) is 138 Å². The lowest BCUT2D eigenvalue weighted by Gasteiger charge is -2.29. The largest absolute Gasteiger partial charge is 0.478 e. The number of carbonyl (C=O) groups excluding carboxylic acids is 3. The lowest BCUT2D eigenvalue weighted by atomic mass is 9.87. The standard InChI is InChI=1S/C30H33N5O3.C21H25N5O2.C9H10O2/c1-6-35-27-12-10-23(20(4)29(27)32-33-35)24(16-28(36)38-5)25-11-9-21-13-14-34(17-26(21)31-25)30(37)22-8-7-18(2)19(3)15-22;1-4-26-19-8-6-15(13(2)21(19)24-25-26)16(11-20(27)28-3)17-7-5-14-9-10-22-12-18(14)23-17;1-6-3-4-8(9(10)11)5-7(6)2/h7-12,15,24H,6,13-14,16-17H2,1-5H3;5-8,16,22H,4,9-12H2,1-3H3;3-5H,1-2H3,(H,10,11)/t24-;16-;/m11./s1. The highest BCUT2D eigenvalue weighted by atomic mass is 16.5. The molecule has 77 heavy (non-hydrogen) atoms. The molecule has 0 saturated carbocycles. The average Bonchev–Trinajstić information content (AvgIpc) is 4.10. The molecule has 17 heteroatoms. The molecule has 0 bridgehead atoms. The van der Waals surface area contributed by atoms with Gasteiger partial charge in [0, 0.05) is 55.0 Å². The van der Waals surface area contributed by atoms with E-state index in [0.29, 0.717) is 24.2 Å². The highest BCUT2D eigenvalue weighted by Gasteiger charge is 2.29. The van der Waals surface area contributed by atoms with Crippen molar-refractivity contribution in [3.8, 4) is 0 Å². The zero-order chi connectivity index (χ0) is 55.1. The van der Waals surface area contributed by atoms with E-state index >= 15 is 0 Å². The van der Waals surface area contributed by atoms with Gasteiger partial charge in [0.1, 0.15) is 11.0 Å². The average molecular weight is 1040 g/mol. The molecule has 0 aliphatic carbocycles. The maximum absolute atomic E-state index is 13.3. The Kier molecular flexibility index (Phi) is 17.3. The van der Waals surface area contributed by atoms with Crippen molar-refractivity contribution >= 4 is 45.9 Å². The van der Waals surface area contributed by atoms with Crippen LogP contribution in [0.2, 0.25) is 0 Å². The Morgan fingerprint density at radius 1 is 0.610 bits per heavy atom. The van der Waals surface area contributed by atoms with E-state index < -0.39 is 5.97 Å². The first kappa shape index (κ1) is 55.1. The van der Waals surface area contributed by atoms with Crippen molar-refractivity contribution in [2.24, 2.45) is 0 Å². The van der Waals surface area contributed by atoms with Crippen LogP contribution < -0.4 is 5.32 Å². The van der Waals surface area contributed by atoms with E-state index in [1.54, 1.807) is 12.1 Å². The topological polar surface area (TPSA) is 209 Å².